The highest BCUT2D eigenvalue weighted by Gasteiger charge is 2.17. The second-order valence-electron chi connectivity index (χ2n) is 4.08. The molecule has 1 unspecified atom stereocenters. The lowest BCUT2D eigenvalue weighted by Gasteiger charge is -2.20. The summed E-state index contributed by atoms with van der Waals surface area (Å²) in [6, 6.07) is 9.51. The largest absolute Gasteiger partial charge is 0.383 e. The number of aryl methyl sites for hydroxylation is 1. The van der Waals surface area contributed by atoms with E-state index in [9.17, 15) is 0 Å². The molecule has 0 aliphatic carbocycles. The SMILES string of the molecule is Cc1ccccc1C(NN)c1cc(Cl)cnc1N. The van der Waals surface area contributed by atoms with Crippen LogP contribution >= 0.6 is 11.6 Å². The standard InChI is InChI=1S/C13H15ClN4/c1-8-4-2-3-5-10(8)12(18-16)11-6-9(14)7-17-13(11)15/h2-7,12,18H,16H2,1H3,(H2,15,17). The van der Waals surface area contributed by atoms with Crippen molar-refractivity contribution < 1.29 is 0 Å². The molecular weight excluding hydrogens is 248 g/mol. The maximum absolute atomic E-state index is 5.96. The van der Waals surface area contributed by atoms with E-state index in [4.69, 9.17) is 23.2 Å². The van der Waals surface area contributed by atoms with Gasteiger partial charge in [0.25, 0.3) is 0 Å². The van der Waals surface area contributed by atoms with Crippen molar-refractivity contribution in [2.75, 3.05) is 5.73 Å². The van der Waals surface area contributed by atoms with E-state index in [-0.39, 0.29) is 6.04 Å². The fourth-order valence-electron chi connectivity index (χ4n) is 1.95. The number of nitrogen functional groups attached to an aromatic ring is 1. The van der Waals surface area contributed by atoms with E-state index in [1.807, 2.05) is 31.2 Å². The molecule has 0 aliphatic rings. The fraction of sp³-hybridized carbons (Fsp3) is 0.154. The molecule has 1 heterocycles. The van der Waals surface area contributed by atoms with E-state index in [2.05, 4.69) is 10.4 Å². The lowest BCUT2D eigenvalue weighted by molar-refractivity contribution is 0.633. The molecule has 0 spiro atoms. The molecule has 0 bridgehead atoms. The highest BCUT2D eigenvalue weighted by Crippen LogP contribution is 2.28. The minimum atomic E-state index is -0.225. The Morgan fingerprint density at radius 2 is 2.00 bits per heavy atom. The van der Waals surface area contributed by atoms with Gasteiger partial charge in [0.1, 0.15) is 5.82 Å². The maximum atomic E-state index is 5.96. The van der Waals surface area contributed by atoms with Crippen LogP contribution in [0.5, 0.6) is 0 Å². The minimum Gasteiger partial charge on any atom is -0.383 e. The second kappa shape index (κ2) is 5.35. The van der Waals surface area contributed by atoms with E-state index in [1.165, 1.54) is 6.20 Å². The summed E-state index contributed by atoms with van der Waals surface area (Å²) in [4.78, 5) is 4.05. The number of aromatic nitrogens is 1. The van der Waals surface area contributed by atoms with Gasteiger partial charge in [-0.1, -0.05) is 35.9 Å². The normalized spacial score (nSPS) is 12.4. The van der Waals surface area contributed by atoms with Crippen LogP contribution < -0.4 is 17.0 Å². The minimum absolute atomic E-state index is 0.225. The summed E-state index contributed by atoms with van der Waals surface area (Å²) in [5.74, 6) is 6.07. The third kappa shape index (κ3) is 2.46. The first-order chi connectivity index (χ1) is 8.63. The molecule has 5 N–H and O–H groups in total. The quantitative estimate of drug-likeness (QED) is 0.585. The van der Waals surface area contributed by atoms with Gasteiger partial charge in [-0.25, -0.2) is 10.4 Å². The van der Waals surface area contributed by atoms with Crippen LogP contribution in [-0.2, 0) is 0 Å². The number of benzene rings is 1. The third-order valence-corrected chi connectivity index (χ3v) is 3.10. The Balaban J connectivity index is 2.52. The number of hydrogen-bond acceptors (Lipinski definition) is 4. The van der Waals surface area contributed by atoms with Gasteiger partial charge in [-0.3, -0.25) is 5.84 Å². The molecular formula is C13H15ClN4. The summed E-state index contributed by atoms with van der Waals surface area (Å²) < 4.78 is 0. The number of nitrogens with zero attached hydrogens (tertiary/aromatic N) is 1. The number of nitrogens with one attached hydrogen (secondary N) is 1. The zero-order valence-electron chi connectivity index (χ0n) is 10.0. The van der Waals surface area contributed by atoms with Gasteiger partial charge in [0.15, 0.2) is 0 Å². The Morgan fingerprint density at radius 3 is 2.67 bits per heavy atom. The number of halogens is 1. The highest BCUT2D eigenvalue weighted by atomic mass is 35.5. The van der Waals surface area contributed by atoms with Gasteiger partial charge >= 0.3 is 0 Å². The number of anilines is 1. The Hall–Kier alpha value is -1.62. The van der Waals surface area contributed by atoms with Crippen LogP contribution in [0.2, 0.25) is 5.02 Å². The fourth-order valence-corrected chi connectivity index (χ4v) is 2.12. The Morgan fingerprint density at radius 1 is 1.28 bits per heavy atom. The van der Waals surface area contributed by atoms with Crippen molar-refractivity contribution in [2.24, 2.45) is 5.84 Å². The zero-order chi connectivity index (χ0) is 13.1. The van der Waals surface area contributed by atoms with Crippen LogP contribution in [0.1, 0.15) is 22.7 Å². The summed E-state index contributed by atoms with van der Waals surface area (Å²) in [6.07, 6.45) is 1.52. The average Bonchev–Trinajstić information content (AvgIpc) is 2.36. The zero-order valence-corrected chi connectivity index (χ0v) is 10.8. The summed E-state index contributed by atoms with van der Waals surface area (Å²) in [6.45, 7) is 2.02. The number of rotatable bonds is 3. The Kier molecular flexibility index (Phi) is 3.81. The van der Waals surface area contributed by atoms with Crippen molar-refractivity contribution in [3.05, 3.63) is 58.2 Å². The van der Waals surface area contributed by atoms with Crippen molar-refractivity contribution in [1.82, 2.24) is 10.4 Å². The van der Waals surface area contributed by atoms with Gasteiger partial charge in [-0.2, -0.15) is 0 Å². The predicted octanol–water partition coefficient (Wildman–Crippen LogP) is 2.18. The number of hydrogen-bond donors (Lipinski definition) is 3. The molecule has 0 amide bonds. The highest BCUT2D eigenvalue weighted by molar-refractivity contribution is 6.30. The van der Waals surface area contributed by atoms with E-state index >= 15 is 0 Å². The number of pyridine rings is 1. The van der Waals surface area contributed by atoms with Crippen molar-refractivity contribution in [3.8, 4) is 0 Å². The third-order valence-electron chi connectivity index (χ3n) is 2.89. The summed E-state index contributed by atoms with van der Waals surface area (Å²) >= 11 is 5.96. The number of nitrogens with two attached hydrogens (primary N) is 2. The second-order valence-corrected chi connectivity index (χ2v) is 4.52. The lowest BCUT2D eigenvalue weighted by Crippen LogP contribution is -2.30. The van der Waals surface area contributed by atoms with Gasteiger partial charge in [-0.05, 0) is 24.1 Å². The molecule has 1 atom stereocenters. The first-order valence-corrected chi connectivity index (χ1v) is 5.94. The van der Waals surface area contributed by atoms with E-state index in [0.717, 1.165) is 16.7 Å². The van der Waals surface area contributed by atoms with Crippen LogP contribution in [-0.4, -0.2) is 4.98 Å². The molecule has 0 fully saturated rings. The molecule has 0 aliphatic heterocycles. The molecule has 0 radical (unpaired) electrons. The van der Waals surface area contributed by atoms with E-state index < -0.39 is 0 Å². The smallest absolute Gasteiger partial charge is 0.128 e. The Bertz CT molecular complexity index is 556. The molecule has 18 heavy (non-hydrogen) atoms. The van der Waals surface area contributed by atoms with E-state index in [0.29, 0.717) is 10.8 Å². The molecule has 5 heteroatoms. The molecule has 0 saturated carbocycles. The van der Waals surface area contributed by atoms with E-state index in [1.54, 1.807) is 6.07 Å². The van der Waals surface area contributed by atoms with Crippen LogP contribution in [0.3, 0.4) is 0 Å². The van der Waals surface area contributed by atoms with Gasteiger partial charge in [0.05, 0.1) is 11.1 Å². The van der Waals surface area contributed by atoms with Crippen molar-refractivity contribution in [2.45, 2.75) is 13.0 Å². The monoisotopic (exact) mass is 262 g/mol. The Labute approximate surface area is 111 Å². The average molecular weight is 263 g/mol. The van der Waals surface area contributed by atoms with Crippen molar-refractivity contribution >= 4 is 17.4 Å². The van der Waals surface area contributed by atoms with Crippen LogP contribution in [0.25, 0.3) is 0 Å². The maximum Gasteiger partial charge on any atom is 0.128 e. The lowest BCUT2D eigenvalue weighted by atomic mass is 9.96. The van der Waals surface area contributed by atoms with Gasteiger partial charge in [-0.15, -0.1) is 0 Å². The molecule has 4 nitrogen and oxygen atoms in total. The van der Waals surface area contributed by atoms with Crippen molar-refractivity contribution in [3.63, 3.8) is 0 Å². The molecule has 0 saturated heterocycles. The first-order valence-electron chi connectivity index (χ1n) is 5.56. The summed E-state index contributed by atoms with van der Waals surface area (Å²) in [7, 11) is 0. The van der Waals surface area contributed by atoms with Crippen LogP contribution in [0.4, 0.5) is 5.82 Å². The summed E-state index contributed by atoms with van der Waals surface area (Å²) in [5.41, 5.74) is 11.6. The summed E-state index contributed by atoms with van der Waals surface area (Å²) in [5, 5.41) is 0.535. The van der Waals surface area contributed by atoms with Gasteiger partial charge < -0.3 is 5.73 Å². The van der Waals surface area contributed by atoms with Gasteiger partial charge in [0, 0.05) is 11.8 Å². The molecule has 1 aromatic heterocycles. The first kappa shape index (κ1) is 12.8. The predicted molar refractivity (Wildman–Crippen MR) is 74.0 cm³/mol. The van der Waals surface area contributed by atoms with Crippen molar-refractivity contribution in [1.29, 1.82) is 0 Å². The molecule has 2 rings (SSSR count). The van der Waals surface area contributed by atoms with Crippen LogP contribution in [0.15, 0.2) is 36.5 Å². The molecule has 94 valence electrons. The topological polar surface area (TPSA) is 77.0 Å². The molecule has 1 aromatic carbocycles. The van der Waals surface area contributed by atoms with Gasteiger partial charge in [0.2, 0.25) is 0 Å². The van der Waals surface area contributed by atoms with Crippen LogP contribution in [0, 0.1) is 6.92 Å². The molecule has 2 aromatic rings. The number of hydrazine groups is 1.